The Kier molecular flexibility index (Phi) is 4.85. The van der Waals surface area contributed by atoms with E-state index in [1.807, 2.05) is 0 Å². The predicted molar refractivity (Wildman–Crippen MR) is 78.2 cm³/mol. The zero-order valence-corrected chi connectivity index (χ0v) is 12.3. The number of benzene rings is 2. The van der Waals surface area contributed by atoms with Crippen molar-refractivity contribution in [3.63, 3.8) is 0 Å². The van der Waals surface area contributed by atoms with Crippen molar-refractivity contribution in [1.29, 1.82) is 0 Å². The Balaban J connectivity index is 2.20. The van der Waals surface area contributed by atoms with Gasteiger partial charge in [-0.1, -0.05) is 17.7 Å². The summed E-state index contributed by atoms with van der Waals surface area (Å²) in [5.41, 5.74) is 1.24. The molecule has 0 aliphatic rings. The van der Waals surface area contributed by atoms with Gasteiger partial charge in [-0.05, 0) is 17.7 Å². The number of anilines is 1. The second-order valence-electron chi connectivity index (χ2n) is 4.29. The Morgan fingerprint density at radius 2 is 1.71 bits per heavy atom. The first kappa shape index (κ1) is 15.4. The maximum atomic E-state index is 13.2. The summed E-state index contributed by atoms with van der Waals surface area (Å²) < 4.78 is 36.4. The van der Waals surface area contributed by atoms with Crippen molar-refractivity contribution in [2.45, 2.75) is 6.54 Å². The summed E-state index contributed by atoms with van der Waals surface area (Å²) in [6.07, 6.45) is 0. The van der Waals surface area contributed by atoms with Crippen molar-refractivity contribution in [3.05, 3.63) is 52.6 Å². The van der Waals surface area contributed by atoms with E-state index in [9.17, 15) is 8.78 Å². The second kappa shape index (κ2) is 6.63. The Labute approximate surface area is 126 Å². The lowest BCUT2D eigenvalue weighted by Crippen LogP contribution is -2.03. The third-order valence-electron chi connectivity index (χ3n) is 2.94. The van der Waals surface area contributed by atoms with Crippen LogP contribution in [0.15, 0.2) is 30.3 Å². The first-order valence-electron chi connectivity index (χ1n) is 6.14. The van der Waals surface area contributed by atoms with Crippen LogP contribution in [-0.2, 0) is 6.54 Å². The van der Waals surface area contributed by atoms with Crippen LogP contribution in [0.2, 0.25) is 5.02 Å². The van der Waals surface area contributed by atoms with Gasteiger partial charge in [-0.15, -0.1) is 0 Å². The molecular formula is C15H14ClF2NO2. The van der Waals surface area contributed by atoms with Gasteiger partial charge in [0.1, 0.15) is 11.5 Å². The third-order valence-corrected chi connectivity index (χ3v) is 3.24. The van der Waals surface area contributed by atoms with E-state index in [4.69, 9.17) is 21.1 Å². The Morgan fingerprint density at radius 1 is 1.00 bits per heavy atom. The van der Waals surface area contributed by atoms with E-state index >= 15 is 0 Å². The molecule has 0 unspecified atom stereocenters. The largest absolute Gasteiger partial charge is 0.495 e. The van der Waals surface area contributed by atoms with Crippen LogP contribution in [0.4, 0.5) is 14.5 Å². The minimum Gasteiger partial charge on any atom is -0.495 e. The van der Waals surface area contributed by atoms with Crippen molar-refractivity contribution >= 4 is 17.3 Å². The van der Waals surface area contributed by atoms with E-state index in [0.29, 0.717) is 34.3 Å². The first-order chi connectivity index (χ1) is 10.0. The molecule has 0 fully saturated rings. The molecule has 0 aromatic heterocycles. The van der Waals surface area contributed by atoms with Crippen LogP contribution < -0.4 is 14.8 Å². The minimum atomic E-state index is -0.880. The monoisotopic (exact) mass is 313 g/mol. The van der Waals surface area contributed by atoms with Gasteiger partial charge in [-0.25, -0.2) is 8.78 Å². The highest BCUT2D eigenvalue weighted by Gasteiger charge is 2.10. The normalized spacial score (nSPS) is 10.3. The van der Waals surface area contributed by atoms with Crippen molar-refractivity contribution in [1.82, 2.24) is 0 Å². The zero-order valence-electron chi connectivity index (χ0n) is 11.5. The van der Waals surface area contributed by atoms with Gasteiger partial charge in [0.15, 0.2) is 11.6 Å². The van der Waals surface area contributed by atoms with Crippen LogP contribution in [0.25, 0.3) is 0 Å². The maximum Gasteiger partial charge on any atom is 0.159 e. The molecule has 1 N–H and O–H groups in total. The van der Waals surface area contributed by atoms with Gasteiger partial charge in [-0.3, -0.25) is 0 Å². The molecule has 0 saturated heterocycles. The molecule has 0 amide bonds. The van der Waals surface area contributed by atoms with E-state index in [0.717, 1.165) is 12.1 Å². The fraction of sp³-hybridized carbons (Fsp3) is 0.200. The first-order valence-corrected chi connectivity index (χ1v) is 6.52. The highest BCUT2D eigenvalue weighted by molar-refractivity contribution is 6.32. The van der Waals surface area contributed by atoms with Gasteiger partial charge >= 0.3 is 0 Å². The summed E-state index contributed by atoms with van der Waals surface area (Å²) in [4.78, 5) is 0. The van der Waals surface area contributed by atoms with E-state index in [1.165, 1.54) is 20.3 Å². The SMILES string of the molecule is COc1cc(NCc2ccc(F)c(F)c2)c(OC)cc1Cl. The van der Waals surface area contributed by atoms with Gasteiger partial charge in [0.2, 0.25) is 0 Å². The molecule has 21 heavy (non-hydrogen) atoms. The molecule has 0 spiro atoms. The molecule has 2 rings (SSSR count). The fourth-order valence-corrected chi connectivity index (χ4v) is 2.08. The molecule has 0 radical (unpaired) electrons. The van der Waals surface area contributed by atoms with Crippen LogP contribution in [0.3, 0.4) is 0 Å². The molecule has 0 bridgehead atoms. The van der Waals surface area contributed by atoms with Gasteiger partial charge in [0.25, 0.3) is 0 Å². The molecular weight excluding hydrogens is 300 g/mol. The summed E-state index contributed by atoms with van der Waals surface area (Å²) in [5, 5.41) is 3.50. The molecule has 0 heterocycles. The van der Waals surface area contributed by atoms with Crippen molar-refractivity contribution < 1.29 is 18.3 Å². The number of ether oxygens (including phenoxy) is 2. The molecule has 0 aliphatic heterocycles. The van der Waals surface area contributed by atoms with E-state index in [1.54, 1.807) is 12.1 Å². The van der Waals surface area contributed by atoms with Crippen LogP contribution in [-0.4, -0.2) is 14.2 Å². The molecule has 112 valence electrons. The van der Waals surface area contributed by atoms with E-state index in [-0.39, 0.29) is 0 Å². The molecule has 0 saturated carbocycles. The predicted octanol–water partition coefficient (Wildman–Crippen LogP) is 4.25. The zero-order chi connectivity index (χ0) is 15.4. The number of methoxy groups -OCH3 is 2. The van der Waals surface area contributed by atoms with Crippen molar-refractivity contribution in [2.75, 3.05) is 19.5 Å². The summed E-state index contributed by atoms with van der Waals surface area (Å²) in [6.45, 7) is 0.304. The Hall–Kier alpha value is -2.01. The quantitative estimate of drug-likeness (QED) is 0.895. The van der Waals surface area contributed by atoms with Gasteiger partial charge in [0, 0.05) is 18.7 Å². The van der Waals surface area contributed by atoms with Crippen LogP contribution in [0, 0.1) is 11.6 Å². The molecule has 6 heteroatoms. The van der Waals surface area contributed by atoms with Gasteiger partial charge in [-0.2, -0.15) is 0 Å². The van der Waals surface area contributed by atoms with Crippen LogP contribution in [0.1, 0.15) is 5.56 Å². The van der Waals surface area contributed by atoms with Gasteiger partial charge < -0.3 is 14.8 Å². The number of halogens is 3. The van der Waals surface area contributed by atoms with E-state index < -0.39 is 11.6 Å². The lowest BCUT2D eigenvalue weighted by molar-refractivity contribution is 0.404. The maximum absolute atomic E-state index is 13.2. The Bertz CT molecular complexity index is 650. The number of hydrogen-bond donors (Lipinski definition) is 1. The lowest BCUT2D eigenvalue weighted by Gasteiger charge is -2.14. The number of rotatable bonds is 5. The lowest BCUT2D eigenvalue weighted by atomic mass is 10.2. The number of nitrogens with one attached hydrogen (secondary N) is 1. The summed E-state index contributed by atoms with van der Waals surface area (Å²) in [6, 6.07) is 7.04. The molecule has 2 aromatic rings. The standard InChI is InChI=1S/C15H14ClF2NO2/c1-20-14-7-13(15(21-2)6-10(14)16)19-8-9-3-4-11(17)12(18)5-9/h3-7,19H,8H2,1-2H3. The second-order valence-corrected chi connectivity index (χ2v) is 4.70. The topological polar surface area (TPSA) is 30.5 Å². The molecule has 2 aromatic carbocycles. The highest BCUT2D eigenvalue weighted by atomic mass is 35.5. The van der Waals surface area contributed by atoms with Crippen molar-refractivity contribution in [3.8, 4) is 11.5 Å². The highest BCUT2D eigenvalue weighted by Crippen LogP contribution is 2.36. The third kappa shape index (κ3) is 3.55. The minimum absolute atomic E-state index is 0.304. The molecule has 0 aliphatic carbocycles. The summed E-state index contributed by atoms with van der Waals surface area (Å²) in [5.74, 6) is -0.729. The smallest absolute Gasteiger partial charge is 0.159 e. The summed E-state index contributed by atoms with van der Waals surface area (Å²) >= 11 is 6.01. The summed E-state index contributed by atoms with van der Waals surface area (Å²) in [7, 11) is 3.02. The average Bonchev–Trinajstić information content (AvgIpc) is 2.48. The van der Waals surface area contributed by atoms with Gasteiger partial charge in [0.05, 0.1) is 24.9 Å². The van der Waals surface area contributed by atoms with Crippen molar-refractivity contribution in [2.24, 2.45) is 0 Å². The number of hydrogen-bond acceptors (Lipinski definition) is 3. The molecule has 3 nitrogen and oxygen atoms in total. The average molecular weight is 314 g/mol. The molecule has 0 atom stereocenters. The Morgan fingerprint density at radius 3 is 2.33 bits per heavy atom. The fourth-order valence-electron chi connectivity index (χ4n) is 1.85. The van der Waals surface area contributed by atoms with Crippen LogP contribution >= 0.6 is 11.6 Å². The van der Waals surface area contributed by atoms with Crippen LogP contribution in [0.5, 0.6) is 11.5 Å². The van der Waals surface area contributed by atoms with E-state index in [2.05, 4.69) is 5.32 Å².